The summed E-state index contributed by atoms with van der Waals surface area (Å²) in [5.41, 5.74) is 1.51. The van der Waals surface area contributed by atoms with Gasteiger partial charge in [-0.1, -0.05) is 32.9 Å². The van der Waals surface area contributed by atoms with Crippen molar-refractivity contribution in [3.05, 3.63) is 29.8 Å². The van der Waals surface area contributed by atoms with Crippen LogP contribution in [0.2, 0.25) is 0 Å². The van der Waals surface area contributed by atoms with E-state index in [2.05, 4.69) is 32.9 Å². The monoisotopic (exact) mass is 222 g/mol. The molecule has 0 aliphatic rings. The Bertz CT molecular complexity index is 312. The molecule has 0 aromatic heterocycles. The van der Waals surface area contributed by atoms with Gasteiger partial charge in [-0.2, -0.15) is 0 Å². The highest BCUT2D eigenvalue weighted by Crippen LogP contribution is 2.24. The fourth-order valence-electron chi connectivity index (χ4n) is 1.36. The first kappa shape index (κ1) is 13.0. The van der Waals surface area contributed by atoms with Gasteiger partial charge in [-0.3, -0.25) is 5.84 Å². The third-order valence-corrected chi connectivity index (χ3v) is 2.43. The average molecular weight is 222 g/mol. The van der Waals surface area contributed by atoms with Gasteiger partial charge < -0.3 is 4.74 Å². The molecule has 3 heteroatoms. The predicted octanol–water partition coefficient (Wildman–Crippen LogP) is 2.17. The zero-order chi connectivity index (χ0) is 12.2. The molecular formula is C13H22N2O. The van der Waals surface area contributed by atoms with E-state index < -0.39 is 0 Å². The summed E-state index contributed by atoms with van der Waals surface area (Å²) in [6.45, 7) is 7.94. The van der Waals surface area contributed by atoms with Gasteiger partial charge in [-0.15, -0.1) is 0 Å². The highest BCUT2D eigenvalue weighted by Gasteiger charge is 2.12. The van der Waals surface area contributed by atoms with Gasteiger partial charge in [0.05, 0.1) is 0 Å². The van der Waals surface area contributed by atoms with Gasteiger partial charge >= 0.3 is 0 Å². The van der Waals surface area contributed by atoms with Crippen LogP contribution in [0.4, 0.5) is 0 Å². The number of hydrogen-bond acceptors (Lipinski definition) is 3. The number of nitrogens with zero attached hydrogens (tertiary/aromatic N) is 1. The fraction of sp³-hybridized carbons (Fsp3) is 0.538. The molecule has 0 fully saturated rings. The van der Waals surface area contributed by atoms with Crippen LogP contribution in [0.15, 0.2) is 24.3 Å². The summed E-state index contributed by atoms with van der Waals surface area (Å²) in [5.74, 6) is 6.39. The smallest absolute Gasteiger partial charge is 0.119 e. The van der Waals surface area contributed by atoms with Gasteiger partial charge in [-0.25, -0.2) is 5.01 Å². The molecule has 0 radical (unpaired) electrons. The summed E-state index contributed by atoms with van der Waals surface area (Å²) < 4.78 is 5.56. The van der Waals surface area contributed by atoms with E-state index >= 15 is 0 Å². The van der Waals surface area contributed by atoms with Crippen molar-refractivity contribution < 1.29 is 4.74 Å². The Kier molecular flexibility index (Phi) is 4.33. The van der Waals surface area contributed by atoms with Gasteiger partial charge in [0.25, 0.3) is 0 Å². The largest absolute Gasteiger partial charge is 0.492 e. The van der Waals surface area contributed by atoms with Gasteiger partial charge in [0, 0.05) is 13.6 Å². The van der Waals surface area contributed by atoms with Crippen LogP contribution < -0.4 is 10.6 Å². The second-order valence-corrected chi connectivity index (χ2v) is 5.10. The lowest BCUT2D eigenvalue weighted by atomic mass is 9.87. The number of hydrazine groups is 1. The van der Waals surface area contributed by atoms with Gasteiger partial charge in [0.1, 0.15) is 12.4 Å². The van der Waals surface area contributed by atoms with Crippen molar-refractivity contribution in [2.24, 2.45) is 5.84 Å². The minimum Gasteiger partial charge on any atom is -0.492 e. The van der Waals surface area contributed by atoms with E-state index in [0.29, 0.717) is 6.61 Å². The molecule has 0 saturated carbocycles. The number of hydrogen-bond donors (Lipinski definition) is 1. The SMILES string of the molecule is CN(N)CCOc1ccc(C(C)(C)C)cc1. The van der Waals surface area contributed by atoms with Gasteiger partial charge in [0.2, 0.25) is 0 Å². The highest BCUT2D eigenvalue weighted by molar-refractivity contribution is 5.31. The van der Waals surface area contributed by atoms with Crippen LogP contribution in [-0.4, -0.2) is 25.2 Å². The fourth-order valence-corrected chi connectivity index (χ4v) is 1.36. The molecule has 0 unspecified atom stereocenters. The Labute approximate surface area is 98.2 Å². The number of nitrogens with two attached hydrogens (primary N) is 1. The summed E-state index contributed by atoms with van der Waals surface area (Å²) in [5, 5.41) is 1.61. The third kappa shape index (κ3) is 4.21. The molecular weight excluding hydrogens is 200 g/mol. The Hall–Kier alpha value is -1.06. The Morgan fingerprint density at radius 2 is 1.75 bits per heavy atom. The zero-order valence-electron chi connectivity index (χ0n) is 10.7. The second-order valence-electron chi connectivity index (χ2n) is 5.10. The summed E-state index contributed by atoms with van der Waals surface area (Å²) in [4.78, 5) is 0. The predicted molar refractivity (Wildman–Crippen MR) is 67.5 cm³/mol. The highest BCUT2D eigenvalue weighted by atomic mass is 16.5. The van der Waals surface area contributed by atoms with Crippen LogP contribution in [-0.2, 0) is 5.41 Å². The van der Waals surface area contributed by atoms with Gasteiger partial charge in [0.15, 0.2) is 0 Å². The molecule has 1 rings (SSSR count). The lowest BCUT2D eigenvalue weighted by Crippen LogP contribution is -2.30. The topological polar surface area (TPSA) is 38.5 Å². The molecule has 0 aliphatic heterocycles. The van der Waals surface area contributed by atoms with E-state index in [9.17, 15) is 0 Å². The molecule has 0 aliphatic carbocycles. The van der Waals surface area contributed by atoms with Crippen LogP contribution in [0.3, 0.4) is 0 Å². The lowest BCUT2D eigenvalue weighted by molar-refractivity contribution is 0.241. The molecule has 0 heterocycles. The molecule has 0 spiro atoms. The van der Waals surface area contributed by atoms with E-state index in [1.165, 1.54) is 5.56 Å². The number of benzene rings is 1. The normalized spacial score (nSPS) is 11.9. The average Bonchev–Trinajstić information content (AvgIpc) is 2.16. The van der Waals surface area contributed by atoms with E-state index in [-0.39, 0.29) is 5.41 Å². The first-order chi connectivity index (χ1) is 7.39. The number of ether oxygens (including phenoxy) is 1. The van der Waals surface area contributed by atoms with Crippen LogP contribution >= 0.6 is 0 Å². The van der Waals surface area contributed by atoms with Crippen molar-refractivity contribution >= 4 is 0 Å². The molecule has 0 amide bonds. The quantitative estimate of drug-likeness (QED) is 0.627. The van der Waals surface area contributed by atoms with Crippen LogP contribution in [0, 0.1) is 0 Å². The molecule has 90 valence electrons. The maximum atomic E-state index is 5.56. The van der Waals surface area contributed by atoms with E-state index in [1.54, 1.807) is 5.01 Å². The Balaban J connectivity index is 2.52. The first-order valence-corrected chi connectivity index (χ1v) is 5.59. The minimum absolute atomic E-state index is 0.190. The standard InChI is InChI=1S/C13H22N2O/c1-13(2,3)11-5-7-12(8-6-11)16-10-9-15(4)14/h5-8H,9-10,14H2,1-4H3. The maximum absolute atomic E-state index is 5.56. The molecule has 3 nitrogen and oxygen atoms in total. The third-order valence-electron chi connectivity index (χ3n) is 2.43. The zero-order valence-corrected chi connectivity index (χ0v) is 10.7. The van der Waals surface area contributed by atoms with E-state index in [4.69, 9.17) is 10.6 Å². The van der Waals surface area contributed by atoms with E-state index in [0.717, 1.165) is 12.3 Å². The van der Waals surface area contributed by atoms with E-state index in [1.807, 2.05) is 19.2 Å². The van der Waals surface area contributed by atoms with Crippen LogP contribution in [0.5, 0.6) is 5.75 Å². The van der Waals surface area contributed by atoms with Gasteiger partial charge in [-0.05, 0) is 23.1 Å². The number of rotatable bonds is 4. The summed E-state index contributed by atoms with van der Waals surface area (Å²) in [7, 11) is 1.83. The van der Waals surface area contributed by atoms with Crippen molar-refractivity contribution in [2.45, 2.75) is 26.2 Å². The van der Waals surface area contributed by atoms with Crippen molar-refractivity contribution in [3.8, 4) is 5.75 Å². The molecule has 0 atom stereocenters. The van der Waals surface area contributed by atoms with Crippen molar-refractivity contribution in [1.82, 2.24) is 5.01 Å². The maximum Gasteiger partial charge on any atom is 0.119 e. The summed E-state index contributed by atoms with van der Waals surface area (Å²) in [6.07, 6.45) is 0. The Morgan fingerprint density at radius 1 is 1.19 bits per heavy atom. The second kappa shape index (κ2) is 5.32. The molecule has 2 N–H and O–H groups in total. The summed E-state index contributed by atoms with van der Waals surface area (Å²) >= 11 is 0. The van der Waals surface area contributed by atoms with Crippen molar-refractivity contribution in [3.63, 3.8) is 0 Å². The molecule has 0 saturated heterocycles. The van der Waals surface area contributed by atoms with Crippen molar-refractivity contribution in [1.29, 1.82) is 0 Å². The van der Waals surface area contributed by atoms with Crippen LogP contribution in [0.25, 0.3) is 0 Å². The lowest BCUT2D eigenvalue weighted by Gasteiger charge is -2.19. The van der Waals surface area contributed by atoms with Crippen LogP contribution in [0.1, 0.15) is 26.3 Å². The first-order valence-electron chi connectivity index (χ1n) is 5.59. The number of likely N-dealkylation sites (N-methyl/N-ethyl adjacent to an activating group) is 1. The summed E-state index contributed by atoms with van der Waals surface area (Å²) in [6, 6.07) is 8.25. The van der Waals surface area contributed by atoms with Crippen molar-refractivity contribution in [2.75, 3.05) is 20.2 Å². The molecule has 1 aromatic rings. The molecule has 1 aromatic carbocycles. The minimum atomic E-state index is 0.190. The Morgan fingerprint density at radius 3 is 2.19 bits per heavy atom. The molecule has 16 heavy (non-hydrogen) atoms. The molecule has 0 bridgehead atoms.